The number of anilines is 1. The van der Waals surface area contributed by atoms with Crippen LogP contribution in [0.15, 0.2) is 42.5 Å². The molecule has 0 aromatic heterocycles. The SMILES string of the molecule is Cc1ccc(NC(C)CCCCl)cc1C(=O)N1CCC(c2ccc(C#N)cc2)CC1. The van der Waals surface area contributed by atoms with E-state index >= 15 is 0 Å². The molecule has 0 aliphatic carbocycles. The number of benzene rings is 2. The summed E-state index contributed by atoms with van der Waals surface area (Å²) in [6, 6.07) is 16.4. The van der Waals surface area contributed by atoms with Gasteiger partial charge in [0.05, 0.1) is 11.6 Å². The second kappa shape index (κ2) is 10.5. The minimum absolute atomic E-state index is 0.114. The topological polar surface area (TPSA) is 56.1 Å². The number of hydrogen-bond donors (Lipinski definition) is 1. The lowest BCUT2D eigenvalue weighted by molar-refractivity contribution is 0.0712. The van der Waals surface area contributed by atoms with Crippen molar-refractivity contribution < 1.29 is 4.79 Å². The highest BCUT2D eigenvalue weighted by Gasteiger charge is 2.25. The second-order valence-corrected chi connectivity index (χ2v) is 8.58. The number of carbonyl (C=O) groups excluding carboxylic acids is 1. The standard InChI is InChI=1S/C25H30ClN3O/c1-18-5-10-23(28-19(2)4-3-13-26)16-24(18)25(30)29-14-11-22(12-15-29)21-8-6-20(17-27)7-9-21/h5-10,16,19,22,28H,3-4,11-15H2,1-2H3. The highest BCUT2D eigenvalue weighted by molar-refractivity contribution is 6.17. The number of amides is 1. The van der Waals surface area contributed by atoms with Crippen LogP contribution in [-0.2, 0) is 0 Å². The van der Waals surface area contributed by atoms with E-state index in [4.69, 9.17) is 16.9 Å². The zero-order valence-electron chi connectivity index (χ0n) is 17.8. The molecular weight excluding hydrogens is 394 g/mol. The molecule has 0 spiro atoms. The van der Waals surface area contributed by atoms with Gasteiger partial charge in [-0.2, -0.15) is 5.26 Å². The van der Waals surface area contributed by atoms with Crippen molar-refractivity contribution in [3.8, 4) is 6.07 Å². The number of nitriles is 1. The van der Waals surface area contributed by atoms with Crippen molar-refractivity contribution in [3.05, 3.63) is 64.7 Å². The monoisotopic (exact) mass is 423 g/mol. The second-order valence-electron chi connectivity index (χ2n) is 8.21. The number of carbonyl (C=O) groups is 1. The lowest BCUT2D eigenvalue weighted by Gasteiger charge is -2.32. The molecule has 1 N–H and O–H groups in total. The average Bonchev–Trinajstić information content (AvgIpc) is 2.78. The van der Waals surface area contributed by atoms with Gasteiger partial charge >= 0.3 is 0 Å². The molecule has 3 rings (SSSR count). The van der Waals surface area contributed by atoms with Crippen LogP contribution < -0.4 is 5.32 Å². The van der Waals surface area contributed by atoms with Crippen molar-refractivity contribution in [2.75, 3.05) is 24.3 Å². The van der Waals surface area contributed by atoms with Gasteiger partial charge in [0, 0.05) is 36.3 Å². The smallest absolute Gasteiger partial charge is 0.254 e. The molecule has 0 radical (unpaired) electrons. The summed E-state index contributed by atoms with van der Waals surface area (Å²) >= 11 is 5.79. The summed E-state index contributed by atoms with van der Waals surface area (Å²) in [6.45, 7) is 5.65. The first kappa shape index (κ1) is 22.2. The van der Waals surface area contributed by atoms with E-state index in [-0.39, 0.29) is 5.91 Å². The van der Waals surface area contributed by atoms with Crippen LogP contribution in [0.25, 0.3) is 0 Å². The molecular formula is C25H30ClN3O. The Bertz CT molecular complexity index is 896. The van der Waals surface area contributed by atoms with E-state index < -0.39 is 0 Å². The van der Waals surface area contributed by atoms with E-state index in [1.54, 1.807) is 0 Å². The molecule has 2 aromatic rings. The van der Waals surface area contributed by atoms with Crippen LogP contribution in [0.2, 0.25) is 0 Å². The van der Waals surface area contributed by atoms with Crippen molar-refractivity contribution in [2.45, 2.75) is 51.5 Å². The van der Waals surface area contributed by atoms with E-state index in [1.807, 2.05) is 54.3 Å². The van der Waals surface area contributed by atoms with Crippen LogP contribution in [0.4, 0.5) is 5.69 Å². The van der Waals surface area contributed by atoms with E-state index in [1.165, 1.54) is 5.56 Å². The maximum atomic E-state index is 13.2. The first-order chi connectivity index (χ1) is 14.5. The van der Waals surface area contributed by atoms with Crippen molar-refractivity contribution in [2.24, 2.45) is 0 Å². The van der Waals surface area contributed by atoms with Gasteiger partial charge in [0.2, 0.25) is 0 Å². The van der Waals surface area contributed by atoms with Gasteiger partial charge in [0.15, 0.2) is 0 Å². The summed E-state index contributed by atoms with van der Waals surface area (Å²) in [5.74, 6) is 1.23. The molecule has 0 saturated carbocycles. The number of aryl methyl sites for hydroxylation is 1. The summed E-state index contributed by atoms with van der Waals surface area (Å²) in [6.07, 6.45) is 3.87. The minimum atomic E-state index is 0.114. The number of halogens is 1. The first-order valence-electron chi connectivity index (χ1n) is 10.7. The van der Waals surface area contributed by atoms with E-state index in [9.17, 15) is 4.79 Å². The summed E-state index contributed by atoms with van der Waals surface area (Å²) in [4.78, 5) is 15.2. The summed E-state index contributed by atoms with van der Waals surface area (Å²) < 4.78 is 0. The van der Waals surface area contributed by atoms with Crippen LogP contribution in [-0.4, -0.2) is 35.8 Å². The van der Waals surface area contributed by atoms with E-state index in [2.05, 4.69) is 18.3 Å². The fourth-order valence-electron chi connectivity index (χ4n) is 4.10. The van der Waals surface area contributed by atoms with Crippen molar-refractivity contribution >= 4 is 23.2 Å². The van der Waals surface area contributed by atoms with Gasteiger partial charge in [0.1, 0.15) is 0 Å². The first-order valence-corrected chi connectivity index (χ1v) is 11.3. The molecule has 1 aliphatic rings. The van der Waals surface area contributed by atoms with Gasteiger partial charge in [-0.3, -0.25) is 4.79 Å². The maximum absolute atomic E-state index is 13.2. The minimum Gasteiger partial charge on any atom is -0.383 e. The van der Waals surface area contributed by atoms with Gasteiger partial charge in [-0.15, -0.1) is 11.6 Å². The number of alkyl halides is 1. The zero-order chi connectivity index (χ0) is 21.5. The molecule has 5 heteroatoms. The van der Waals surface area contributed by atoms with Gasteiger partial charge in [-0.1, -0.05) is 18.2 Å². The quantitative estimate of drug-likeness (QED) is 0.580. The number of likely N-dealkylation sites (tertiary alicyclic amines) is 1. The van der Waals surface area contributed by atoms with E-state index in [0.717, 1.165) is 55.6 Å². The third-order valence-corrected chi connectivity index (χ3v) is 6.21. The van der Waals surface area contributed by atoms with Crippen LogP contribution in [0, 0.1) is 18.3 Å². The molecule has 2 aromatic carbocycles. The largest absolute Gasteiger partial charge is 0.383 e. The Balaban J connectivity index is 1.62. The number of piperidine rings is 1. The molecule has 1 heterocycles. The van der Waals surface area contributed by atoms with Gasteiger partial charge in [-0.05, 0) is 80.8 Å². The third-order valence-electron chi connectivity index (χ3n) is 5.95. The molecule has 1 aliphatic heterocycles. The van der Waals surface area contributed by atoms with Gasteiger partial charge in [0.25, 0.3) is 5.91 Å². The molecule has 1 saturated heterocycles. The average molecular weight is 424 g/mol. The highest BCUT2D eigenvalue weighted by atomic mass is 35.5. The molecule has 1 fully saturated rings. The number of rotatable bonds is 7. The normalized spacial score (nSPS) is 15.5. The number of nitrogens with zero attached hydrogens (tertiary/aromatic N) is 2. The van der Waals surface area contributed by atoms with Crippen LogP contribution >= 0.6 is 11.6 Å². The number of hydrogen-bond acceptors (Lipinski definition) is 3. The maximum Gasteiger partial charge on any atom is 0.254 e. The van der Waals surface area contributed by atoms with Crippen LogP contribution in [0.5, 0.6) is 0 Å². The lowest BCUT2D eigenvalue weighted by atomic mass is 9.88. The molecule has 158 valence electrons. The Labute approximate surface area is 184 Å². The van der Waals surface area contributed by atoms with Gasteiger partial charge < -0.3 is 10.2 Å². The van der Waals surface area contributed by atoms with Crippen LogP contribution in [0.3, 0.4) is 0 Å². The third kappa shape index (κ3) is 5.55. The Morgan fingerprint density at radius 1 is 1.23 bits per heavy atom. The summed E-state index contributed by atoms with van der Waals surface area (Å²) in [5.41, 5.74) is 4.72. The van der Waals surface area contributed by atoms with Crippen molar-refractivity contribution in [3.63, 3.8) is 0 Å². The predicted molar refractivity (Wildman–Crippen MR) is 123 cm³/mol. The summed E-state index contributed by atoms with van der Waals surface area (Å²) in [7, 11) is 0. The molecule has 1 unspecified atom stereocenters. The molecule has 30 heavy (non-hydrogen) atoms. The highest BCUT2D eigenvalue weighted by Crippen LogP contribution is 2.29. The lowest BCUT2D eigenvalue weighted by Crippen LogP contribution is -2.38. The Morgan fingerprint density at radius 3 is 2.57 bits per heavy atom. The zero-order valence-corrected chi connectivity index (χ0v) is 18.6. The fraction of sp³-hybridized carbons (Fsp3) is 0.440. The van der Waals surface area contributed by atoms with Crippen LogP contribution in [0.1, 0.15) is 65.6 Å². The van der Waals surface area contributed by atoms with Gasteiger partial charge in [-0.25, -0.2) is 0 Å². The van der Waals surface area contributed by atoms with Crippen molar-refractivity contribution in [1.82, 2.24) is 4.90 Å². The molecule has 1 amide bonds. The summed E-state index contributed by atoms with van der Waals surface area (Å²) in [5, 5.41) is 12.5. The Kier molecular flexibility index (Phi) is 7.76. The molecule has 4 nitrogen and oxygen atoms in total. The number of nitrogens with one attached hydrogen (secondary N) is 1. The Hall–Kier alpha value is -2.51. The molecule has 0 bridgehead atoms. The van der Waals surface area contributed by atoms with Crippen molar-refractivity contribution in [1.29, 1.82) is 5.26 Å². The Morgan fingerprint density at radius 2 is 1.93 bits per heavy atom. The fourth-order valence-corrected chi connectivity index (χ4v) is 4.25. The predicted octanol–water partition coefficient (Wildman–Crippen LogP) is 5.71. The van der Waals surface area contributed by atoms with E-state index in [0.29, 0.717) is 23.4 Å². The molecule has 1 atom stereocenters.